The third-order valence-electron chi connectivity index (χ3n) is 4.67. The van der Waals surface area contributed by atoms with E-state index in [1.807, 2.05) is 18.2 Å². The first kappa shape index (κ1) is 16.9. The van der Waals surface area contributed by atoms with E-state index in [0.717, 1.165) is 36.3 Å². The molecule has 4 heteroatoms. The van der Waals surface area contributed by atoms with E-state index in [9.17, 15) is 0 Å². The standard InChI is InChI=1S/C18H29NO3/c1-14-9-11-19(13-15(14)2)10-6-12-22-18-16(20-3)7-5-8-17(18)21-4/h5,7-8,14-15H,6,9-13H2,1-4H3/t14-,15-/m0/s1. The quantitative estimate of drug-likeness (QED) is 0.722. The van der Waals surface area contributed by atoms with Gasteiger partial charge in [-0.15, -0.1) is 0 Å². The number of hydrogen-bond acceptors (Lipinski definition) is 4. The number of piperidine rings is 1. The van der Waals surface area contributed by atoms with Gasteiger partial charge in [-0.2, -0.15) is 0 Å². The Morgan fingerprint density at radius 3 is 2.36 bits per heavy atom. The van der Waals surface area contributed by atoms with E-state index in [1.54, 1.807) is 14.2 Å². The van der Waals surface area contributed by atoms with Crippen LogP contribution >= 0.6 is 0 Å². The normalized spacial score (nSPS) is 22.4. The van der Waals surface area contributed by atoms with E-state index < -0.39 is 0 Å². The number of hydrogen-bond donors (Lipinski definition) is 0. The summed E-state index contributed by atoms with van der Waals surface area (Å²) in [5.41, 5.74) is 0. The summed E-state index contributed by atoms with van der Waals surface area (Å²) >= 11 is 0. The lowest BCUT2D eigenvalue weighted by Crippen LogP contribution is -2.39. The van der Waals surface area contributed by atoms with Crippen molar-refractivity contribution in [2.24, 2.45) is 11.8 Å². The second-order valence-corrected chi connectivity index (χ2v) is 6.24. The lowest BCUT2D eigenvalue weighted by atomic mass is 9.89. The van der Waals surface area contributed by atoms with Crippen molar-refractivity contribution in [2.75, 3.05) is 40.5 Å². The fourth-order valence-electron chi connectivity index (χ4n) is 2.97. The molecule has 124 valence electrons. The van der Waals surface area contributed by atoms with Crippen LogP contribution in [0.3, 0.4) is 0 Å². The van der Waals surface area contributed by atoms with Crippen molar-refractivity contribution in [3.63, 3.8) is 0 Å². The van der Waals surface area contributed by atoms with Crippen LogP contribution in [0.5, 0.6) is 17.2 Å². The lowest BCUT2D eigenvalue weighted by Gasteiger charge is -2.35. The molecule has 0 aromatic heterocycles. The molecule has 0 N–H and O–H groups in total. The first-order chi connectivity index (χ1) is 10.7. The van der Waals surface area contributed by atoms with Crippen LogP contribution in [0.15, 0.2) is 18.2 Å². The third-order valence-corrected chi connectivity index (χ3v) is 4.67. The molecule has 1 fully saturated rings. The molecule has 1 aliphatic heterocycles. The summed E-state index contributed by atoms with van der Waals surface area (Å²) in [6.07, 6.45) is 2.32. The van der Waals surface area contributed by atoms with Crippen molar-refractivity contribution in [2.45, 2.75) is 26.7 Å². The molecule has 0 unspecified atom stereocenters. The van der Waals surface area contributed by atoms with Gasteiger partial charge < -0.3 is 19.1 Å². The minimum Gasteiger partial charge on any atom is -0.493 e. The van der Waals surface area contributed by atoms with Crippen LogP contribution in [0.2, 0.25) is 0 Å². The molecule has 2 rings (SSSR count). The summed E-state index contributed by atoms with van der Waals surface area (Å²) in [6, 6.07) is 5.69. The van der Waals surface area contributed by atoms with E-state index in [0.29, 0.717) is 12.4 Å². The summed E-state index contributed by atoms with van der Waals surface area (Å²) in [4.78, 5) is 2.55. The molecule has 0 aliphatic carbocycles. The number of benzene rings is 1. The van der Waals surface area contributed by atoms with E-state index in [4.69, 9.17) is 14.2 Å². The molecule has 0 radical (unpaired) electrons. The van der Waals surface area contributed by atoms with Crippen LogP contribution < -0.4 is 14.2 Å². The number of para-hydroxylation sites is 1. The molecule has 0 saturated carbocycles. The van der Waals surface area contributed by atoms with Crippen molar-refractivity contribution in [3.05, 3.63) is 18.2 Å². The zero-order chi connectivity index (χ0) is 15.9. The number of rotatable bonds is 7. The Hall–Kier alpha value is -1.42. The SMILES string of the molecule is COc1cccc(OC)c1OCCCN1CC[C@H](C)[C@@H](C)C1. The van der Waals surface area contributed by atoms with Crippen LogP contribution in [0.25, 0.3) is 0 Å². The number of methoxy groups -OCH3 is 2. The van der Waals surface area contributed by atoms with Gasteiger partial charge in [0.2, 0.25) is 5.75 Å². The van der Waals surface area contributed by atoms with Gasteiger partial charge >= 0.3 is 0 Å². The summed E-state index contributed by atoms with van der Waals surface area (Å²) in [7, 11) is 3.30. The van der Waals surface area contributed by atoms with E-state index in [-0.39, 0.29) is 0 Å². The van der Waals surface area contributed by atoms with Crippen molar-refractivity contribution in [3.8, 4) is 17.2 Å². The van der Waals surface area contributed by atoms with Crippen molar-refractivity contribution < 1.29 is 14.2 Å². The minimum atomic E-state index is 0.678. The number of ether oxygens (including phenoxy) is 3. The summed E-state index contributed by atoms with van der Waals surface area (Å²) in [5, 5.41) is 0. The highest BCUT2D eigenvalue weighted by molar-refractivity contribution is 5.51. The molecular weight excluding hydrogens is 278 g/mol. The van der Waals surface area contributed by atoms with Gasteiger partial charge in [0.15, 0.2) is 11.5 Å². The van der Waals surface area contributed by atoms with Gasteiger partial charge in [-0.25, -0.2) is 0 Å². The predicted molar refractivity (Wildman–Crippen MR) is 89.0 cm³/mol. The fraction of sp³-hybridized carbons (Fsp3) is 0.667. The molecule has 0 amide bonds. The van der Waals surface area contributed by atoms with E-state index in [2.05, 4.69) is 18.7 Å². The average molecular weight is 307 g/mol. The highest BCUT2D eigenvalue weighted by Gasteiger charge is 2.22. The van der Waals surface area contributed by atoms with Gasteiger partial charge in [0, 0.05) is 13.1 Å². The molecule has 22 heavy (non-hydrogen) atoms. The van der Waals surface area contributed by atoms with Gasteiger partial charge in [-0.05, 0) is 43.4 Å². The van der Waals surface area contributed by atoms with Crippen molar-refractivity contribution in [1.29, 1.82) is 0 Å². The van der Waals surface area contributed by atoms with Crippen LogP contribution in [-0.2, 0) is 0 Å². The first-order valence-electron chi connectivity index (χ1n) is 8.21. The average Bonchev–Trinajstić information content (AvgIpc) is 2.54. The molecule has 1 aromatic rings. The van der Waals surface area contributed by atoms with Crippen molar-refractivity contribution >= 4 is 0 Å². The maximum absolute atomic E-state index is 5.91. The smallest absolute Gasteiger partial charge is 0.203 e. The fourth-order valence-corrected chi connectivity index (χ4v) is 2.97. The molecular formula is C18H29NO3. The first-order valence-corrected chi connectivity index (χ1v) is 8.21. The molecule has 1 saturated heterocycles. The van der Waals surface area contributed by atoms with Crippen LogP contribution in [0.1, 0.15) is 26.7 Å². The topological polar surface area (TPSA) is 30.9 Å². The van der Waals surface area contributed by atoms with E-state index >= 15 is 0 Å². The molecule has 0 spiro atoms. The van der Waals surface area contributed by atoms with E-state index in [1.165, 1.54) is 19.5 Å². The number of nitrogens with zero attached hydrogens (tertiary/aromatic N) is 1. The van der Waals surface area contributed by atoms with Gasteiger partial charge in [0.25, 0.3) is 0 Å². The minimum absolute atomic E-state index is 0.678. The molecule has 2 atom stereocenters. The number of likely N-dealkylation sites (tertiary alicyclic amines) is 1. The monoisotopic (exact) mass is 307 g/mol. The second kappa shape index (κ2) is 8.28. The molecule has 1 heterocycles. The van der Waals surface area contributed by atoms with Gasteiger partial charge in [-0.3, -0.25) is 0 Å². The Labute approximate surface area is 134 Å². The predicted octanol–water partition coefficient (Wildman–Crippen LogP) is 3.45. The zero-order valence-electron chi connectivity index (χ0n) is 14.3. The molecule has 1 aliphatic rings. The molecule has 4 nitrogen and oxygen atoms in total. The Bertz CT molecular complexity index is 441. The summed E-state index contributed by atoms with van der Waals surface area (Å²) < 4.78 is 16.6. The summed E-state index contributed by atoms with van der Waals surface area (Å²) in [5.74, 6) is 3.79. The Morgan fingerprint density at radius 2 is 1.77 bits per heavy atom. The highest BCUT2D eigenvalue weighted by Crippen LogP contribution is 2.36. The second-order valence-electron chi connectivity index (χ2n) is 6.24. The molecule has 0 bridgehead atoms. The maximum atomic E-state index is 5.91. The van der Waals surface area contributed by atoms with Gasteiger partial charge in [0.1, 0.15) is 0 Å². The zero-order valence-corrected chi connectivity index (χ0v) is 14.3. The van der Waals surface area contributed by atoms with Crippen LogP contribution in [0, 0.1) is 11.8 Å². The largest absolute Gasteiger partial charge is 0.493 e. The van der Waals surface area contributed by atoms with Crippen LogP contribution in [0.4, 0.5) is 0 Å². The maximum Gasteiger partial charge on any atom is 0.203 e. The van der Waals surface area contributed by atoms with Gasteiger partial charge in [-0.1, -0.05) is 19.9 Å². The van der Waals surface area contributed by atoms with Crippen LogP contribution in [-0.4, -0.2) is 45.4 Å². The Kier molecular flexibility index (Phi) is 6.37. The van der Waals surface area contributed by atoms with Gasteiger partial charge in [0.05, 0.1) is 20.8 Å². The molecule has 1 aromatic carbocycles. The third kappa shape index (κ3) is 4.29. The summed E-state index contributed by atoms with van der Waals surface area (Å²) in [6.45, 7) is 8.90. The Balaban J connectivity index is 1.79. The lowest BCUT2D eigenvalue weighted by molar-refractivity contribution is 0.130. The Morgan fingerprint density at radius 1 is 1.09 bits per heavy atom. The highest BCUT2D eigenvalue weighted by atomic mass is 16.5. The van der Waals surface area contributed by atoms with Crippen molar-refractivity contribution in [1.82, 2.24) is 4.90 Å².